The third kappa shape index (κ3) is 3.23. The van der Waals surface area contributed by atoms with Crippen LogP contribution < -0.4 is 4.90 Å². The van der Waals surface area contributed by atoms with E-state index in [0.717, 1.165) is 25.9 Å². The van der Waals surface area contributed by atoms with E-state index in [0.29, 0.717) is 17.5 Å². The highest BCUT2D eigenvalue weighted by atomic mass is 35.5. The Bertz CT molecular complexity index is 491. The van der Waals surface area contributed by atoms with E-state index in [2.05, 4.69) is 18.7 Å². The minimum atomic E-state index is -0.373. The van der Waals surface area contributed by atoms with Crippen LogP contribution in [0, 0.1) is 22.0 Å². The molecule has 0 spiro atoms. The van der Waals surface area contributed by atoms with Crippen molar-refractivity contribution in [3.05, 3.63) is 33.3 Å². The summed E-state index contributed by atoms with van der Waals surface area (Å²) < 4.78 is 0. The molecule has 20 heavy (non-hydrogen) atoms. The van der Waals surface area contributed by atoms with Crippen LogP contribution in [0.5, 0.6) is 0 Å². The Morgan fingerprint density at radius 3 is 2.75 bits per heavy atom. The second kappa shape index (κ2) is 6.44. The molecule has 0 saturated carbocycles. The third-order valence-electron chi connectivity index (χ3n) is 4.20. The first-order valence-corrected chi connectivity index (χ1v) is 7.56. The molecule has 1 fully saturated rings. The van der Waals surface area contributed by atoms with E-state index >= 15 is 0 Å². The van der Waals surface area contributed by atoms with Crippen molar-refractivity contribution in [1.29, 1.82) is 0 Å². The molecule has 5 heteroatoms. The fraction of sp³-hybridized carbons (Fsp3) is 0.600. The summed E-state index contributed by atoms with van der Waals surface area (Å²) in [6.07, 6.45) is 3.36. The molecule has 110 valence electrons. The maximum Gasteiger partial charge on any atom is 0.310 e. The topological polar surface area (TPSA) is 46.4 Å². The fourth-order valence-corrected chi connectivity index (χ4v) is 3.21. The van der Waals surface area contributed by atoms with Gasteiger partial charge >= 0.3 is 5.69 Å². The van der Waals surface area contributed by atoms with Crippen LogP contribution in [-0.4, -0.2) is 18.0 Å². The number of anilines is 1. The summed E-state index contributed by atoms with van der Waals surface area (Å²) in [6, 6.07) is 5.17. The van der Waals surface area contributed by atoms with Gasteiger partial charge in [0.05, 0.1) is 4.92 Å². The molecule has 0 bridgehead atoms. The molecule has 1 aliphatic heterocycles. The predicted octanol–water partition coefficient (Wildman–Crippen LogP) is 4.51. The van der Waals surface area contributed by atoms with Gasteiger partial charge in [0.1, 0.15) is 10.7 Å². The van der Waals surface area contributed by atoms with Crippen LogP contribution in [-0.2, 0) is 0 Å². The second-order valence-electron chi connectivity index (χ2n) is 5.79. The Morgan fingerprint density at radius 2 is 2.10 bits per heavy atom. The maximum absolute atomic E-state index is 11.2. The maximum atomic E-state index is 11.2. The molecule has 0 aliphatic carbocycles. The largest absolute Gasteiger partial charge is 0.366 e. The van der Waals surface area contributed by atoms with Crippen molar-refractivity contribution in [3.63, 3.8) is 0 Å². The summed E-state index contributed by atoms with van der Waals surface area (Å²) in [4.78, 5) is 13.0. The summed E-state index contributed by atoms with van der Waals surface area (Å²) in [5.74, 6) is 1.38. The van der Waals surface area contributed by atoms with Gasteiger partial charge in [0.25, 0.3) is 0 Å². The molecule has 2 rings (SSSR count). The van der Waals surface area contributed by atoms with Gasteiger partial charge in [-0.15, -0.1) is 0 Å². The first-order valence-electron chi connectivity index (χ1n) is 7.18. The molecular formula is C15H21ClN2O2. The van der Waals surface area contributed by atoms with Crippen molar-refractivity contribution in [3.8, 4) is 0 Å². The summed E-state index contributed by atoms with van der Waals surface area (Å²) >= 11 is 6.00. The molecule has 1 aliphatic rings. The quantitative estimate of drug-likeness (QED) is 0.609. The first kappa shape index (κ1) is 15.1. The Kier molecular flexibility index (Phi) is 4.86. The fourth-order valence-electron chi connectivity index (χ4n) is 2.97. The molecule has 0 aromatic heterocycles. The number of para-hydroxylation sites is 1. The van der Waals surface area contributed by atoms with Crippen LogP contribution in [0.25, 0.3) is 0 Å². The van der Waals surface area contributed by atoms with Crippen molar-refractivity contribution >= 4 is 23.0 Å². The van der Waals surface area contributed by atoms with Crippen molar-refractivity contribution in [1.82, 2.24) is 0 Å². The lowest BCUT2D eigenvalue weighted by Gasteiger charge is -2.23. The number of nitrogens with zero attached hydrogens (tertiary/aromatic N) is 2. The lowest BCUT2D eigenvalue weighted by atomic mass is 9.89. The van der Waals surface area contributed by atoms with E-state index in [1.165, 1.54) is 6.42 Å². The molecule has 1 unspecified atom stereocenters. The molecule has 1 saturated heterocycles. The highest BCUT2D eigenvalue weighted by Crippen LogP contribution is 2.37. The standard InChI is InChI=1S/C15H21ClN2O2/c1-11(2)12-5-4-9-17(10-8-12)14-7-3-6-13(16)15(14)18(19)20/h3,6-7,11-12H,4-5,8-10H2,1-2H3. The molecular weight excluding hydrogens is 276 g/mol. The van der Waals surface area contributed by atoms with Crippen molar-refractivity contribution in [2.45, 2.75) is 33.1 Å². The van der Waals surface area contributed by atoms with E-state index in [1.54, 1.807) is 18.2 Å². The zero-order valence-electron chi connectivity index (χ0n) is 12.0. The van der Waals surface area contributed by atoms with Crippen molar-refractivity contribution in [2.75, 3.05) is 18.0 Å². The van der Waals surface area contributed by atoms with Crippen LogP contribution >= 0.6 is 11.6 Å². The highest BCUT2D eigenvalue weighted by molar-refractivity contribution is 6.33. The van der Waals surface area contributed by atoms with Crippen LogP contribution in [0.4, 0.5) is 11.4 Å². The number of nitro benzene ring substituents is 1. The molecule has 4 nitrogen and oxygen atoms in total. The molecule has 1 heterocycles. The number of nitro groups is 1. The number of hydrogen-bond donors (Lipinski definition) is 0. The normalized spacial score (nSPS) is 20.0. The van der Waals surface area contributed by atoms with Gasteiger partial charge < -0.3 is 4.90 Å². The van der Waals surface area contributed by atoms with Gasteiger partial charge in [0.15, 0.2) is 0 Å². The van der Waals surface area contributed by atoms with E-state index in [-0.39, 0.29) is 15.6 Å². The predicted molar refractivity (Wildman–Crippen MR) is 82.5 cm³/mol. The van der Waals surface area contributed by atoms with E-state index in [1.807, 2.05) is 0 Å². The Labute approximate surface area is 124 Å². The highest BCUT2D eigenvalue weighted by Gasteiger charge is 2.26. The van der Waals surface area contributed by atoms with Gasteiger partial charge in [-0.2, -0.15) is 0 Å². The van der Waals surface area contributed by atoms with Gasteiger partial charge in [-0.25, -0.2) is 0 Å². The zero-order chi connectivity index (χ0) is 14.7. The zero-order valence-corrected chi connectivity index (χ0v) is 12.8. The van der Waals surface area contributed by atoms with Crippen LogP contribution in [0.3, 0.4) is 0 Å². The summed E-state index contributed by atoms with van der Waals surface area (Å²) in [5.41, 5.74) is 0.698. The molecule has 1 atom stereocenters. The number of benzene rings is 1. The third-order valence-corrected chi connectivity index (χ3v) is 4.51. The molecule has 0 amide bonds. The van der Waals surface area contributed by atoms with Gasteiger partial charge in [0.2, 0.25) is 0 Å². The van der Waals surface area contributed by atoms with Crippen LogP contribution in [0.15, 0.2) is 18.2 Å². The SMILES string of the molecule is CC(C)C1CCCN(c2cccc(Cl)c2[N+](=O)[O-])CC1. The Balaban J connectivity index is 2.24. The average molecular weight is 297 g/mol. The minimum absolute atomic E-state index is 0.0390. The molecule has 0 N–H and O–H groups in total. The smallest absolute Gasteiger partial charge is 0.310 e. The van der Waals surface area contributed by atoms with Crippen LogP contribution in [0.1, 0.15) is 33.1 Å². The number of hydrogen-bond acceptors (Lipinski definition) is 3. The van der Waals surface area contributed by atoms with E-state index < -0.39 is 0 Å². The summed E-state index contributed by atoms with van der Waals surface area (Å²) in [7, 11) is 0. The van der Waals surface area contributed by atoms with Crippen LogP contribution in [0.2, 0.25) is 5.02 Å². The van der Waals surface area contributed by atoms with Gasteiger partial charge in [0, 0.05) is 13.1 Å². The van der Waals surface area contributed by atoms with Gasteiger partial charge in [-0.05, 0) is 43.2 Å². The second-order valence-corrected chi connectivity index (χ2v) is 6.19. The monoisotopic (exact) mass is 296 g/mol. The average Bonchev–Trinajstić information content (AvgIpc) is 2.63. The first-order chi connectivity index (χ1) is 9.50. The lowest BCUT2D eigenvalue weighted by Crippen LogP contribution is -2.25. The lowest BCUT2D eigenvalue weighted by molar-refractivity contribution is -0.384. The minimum Gasteiger partial charge on any atom is -0.366 e. The summed E-state index contributed by atoms with van der Waals surface area (Å²) in [6.45, 7) is 6.23. The summed E-state index contributed by atoms with van der Waals surface area (Å²) in [5, 5.41) is 11.5. The molecule has 1 aromatic carbocycles. The number of halogens is 1. The molecule has 0 radical (unpaired) electrons. The Morgan fingerprint density at radius 1 is 1.35 bits per heavy atom. The van der Waals surface area contributed by atoms with Gasteiger partial charge in [-0.3, -0.25) is 10.1 Å². The van der Waals surface area contributed by atoms with Crippen molar-refractivity contribution < 1.29 is 4.92 Å². The number of rotatable bonds is 3. The van der Waals surface area contributed by atoms with Crippen molar-refractivity contribution in [2.24, 2.45) is 11.8 Å². The van der Waals surface area contributed by atoms with Gasteiger partial charge in [-0.1, -0.05) is 31.5 Å². The van der Waals surface area contributed by atoms with E-state index in [4.69, 9.17) is 11.6 Å². The van der Waals surface area contributed by atoms with E-state index in [9.17, 15) is 10.1 Å². The molecule has 1 aromatic rings. The Hall–Kier alpha value is -1.29.